The van der Waals surface area contributed by atoms with Gasteiger partial charge in [-0.15, -0.1) is 0 Å². The molecule has 1 aromatic heterocycles. The van der Waals surface area contributed by atoms with Crippen molar-refractivity contribution < 1.29 is 0 Å². The first-order chi connectivity index (χ1) is 7.33. The summed E-state index contributed by atoms with van der Waals surface area (Å²) in [5.74, 6) is 0. The SMILES string of the molecule is Cc1cncc2cccc(CCCN)c12. The molecule has 0 saturated carbocycles. The molecule has 1 aromatic carbocycles. The molecule has 0 bridgehead atoms. The molecule has 2 rings (SSSR count). The van der Waals surface area contributed by atoms with E-state index in [0.29, 0.717) is 0 Å². The van der Waals surface area contributed by atoms with Crippen LogP contribution in [-0.2, 0) is 6.42 Å². The Balaban J connectivity index is 2.53. The summed E-state index contributed by atoms with van der Waals surface area (Å²) in [7, 11) is 0. The fourth-order valence-corrected chi connectivity index (χ4v) is 2.00. The Kier molecular flexibility index (Phi) is 2.97. The van der Waals surface area contributed by atoms with E-state index in [1.165, 1.54) is 21.9 Å². The normalized spacial score (nSPS) is 10.8. The van der Waals surface area contributed by atoms with Crippen LogP contribution < -0.4 is 5.73 Å². The van der Waals surface area contributed by atoms with Crippen molar-refractivity contribution in [3.8, 4) is 0 Å². The zero-order valence-corrected chi connectivity index (χ0v) is 9.03. The average molecular weight is 200 g/mol. The first kappa shape index (κ1) is 10.1. The van der Waals surface area contributed by atoms with Gasteiger partial charge in [0, 0.05) is 17.8 Å². The van der Waals surface area contributed by atoms with E-state index in [1.807, 2.05) is 12.4 Å². The molecule has 2 nitrogen and oxygen atoms in total. The minimum absolute atomic E-state index is 0.751. The fourth-order valence-electron chi connectivity index (χ4n) is 2.00. The van der Waals surface area contributed by atoms with Crippen molar-refractivity contribution >= 4 is 10.8 Å². The fraction of sp³-hybridized carbons (Fsp3) is 0.308. The van der Waals surface area contributed by atoms with Crippen molar-refractivity contribution in [3.63, 3.8) is 0 Å². The Morgan fingerprint density at radius 1 is 1.27 bits per heavy atom. The van der Waals surface area contributed by atoms with Gasteiger partial charge in [-0.05, 0) is 42.8 Å². The molecule has 0 saturated heterocycles. The predicted octanol–water partition coefficient (Wildman–Crippen LogP) is 2.43. The van der Waals surface area contributed by atoms with Crippen LogP contribution in [0.2, 0.25) is 0 Å². The molecule has 78 valence electrons. The van der Waals surface area contributed by atoms with Gasteiger partial charge in [0.15, 0.2) is 0 Å². The molecular formula is C13H16N2. The van der Waals surface area contributed by atoms with Gasteiger partial charge in [0.05, 0.1) is 0 Å². The van der Waals surface area contributed by atoms with Gasteiger partial charge in [-0.25, -0.2) is 0 Å². The number of rotatable bonds is 3. The summed E-state index contributed by atoms with van der Waals surface area (Å²) >= 11 is 0. The van der Waals surface area contributed by atoms with E-state index >= 15 is 0 Å². The highest BCUT2D eigenvalue weighted by molar-refractivity contribution is 5.87. The Bertz CT molecular complexity index is 458. The van der Waals surface area contributed by atoms with Crippen LogP contribution in [0.4, 0.5) is 0 Å². The maximum absolute atomic E-state index is 5.55. The number of nitrogens with two attached hydrogens (primary N) is 1. The maximum atomic E-state index is 5.55. The van der Waals surface area contributed by atoms with Crippen LogP contribution in [0.1, 0.15) is 17.5 Å². The summed E-state index contributed by atoms with van der Waals surface area (Å²) in [5.41, 5.74) is 8.18. The Morgan fingerprint density at radius 3 is 2.93 bits per heavy atom. The van der Waals surface area contributed by atoms with E-state index < -0.39 is 0 Å². The average Bonchev–Trinajstić information content (AvgIpc) is 2.26. The quantitative estimate of drug-likeness (QED) is 0.826. The smallest absolute Gasteiger partial charge is 0.0346 e. The van der Waals surface area contributed by atoms with Crippen molar-refractivity contribution in [3.05, 3.63) is 41.7 Å². The standard InChI is InChI=1S/C13H16N2/c1-10-8-15-9-12-5-2-4-11(13(10)12)6-3-7-14/h2,4-5,8-9H,3,6-7,14H2,1H3. The molecule has 0 aliphatic heterocycles. The highest BCUT2D eigenvalue weighted by Crippen LogP contribution is 2.22. The zero-order chi connectivity index (χ0) is 10.7. The Hall–Kier alpha value is -1.41. The van der Waals surface area contributed by atoms with Crippen LogP contribution in [0.5, 0.6) is 0 Å². The van der Waals surface area contributed by atoms with Gasteiger partial charge in [0.2, 0.25) is 0 Å². The molecule has 0 spiro atoms. The molecule has 0 aliphatic rings. The summed E-state index contributed by atoms with van der Waals surface area (Å²) in [6.07, 6.45) is 5.95. The zero-order valence-electron chi connectivity index (χ0n) is 9.03. The summed E-state index contributed by atoms with van der Waals surface area (Å²) < 4.78 is 0. The molecule has 0 fully saturated rings. The van der Waals surface area contributed by atoms with E-state index in [-0.39, 0.29) is 0 Å². The summed E-state index contributed by atoms with van der Waals surface area (Å²) in [6, 6.07) is 6.39. The number of pyridine rings is 1. The summed E-state index contributed by atoms with van der Waals surface area (Å²) in [6.45, 7) is 2.86. The number of aromatic nitrogens is 1. The lowest BCUT2D eigenvalue weighted by Crippen LogP contribution is -2.01. The number of nitrogens with zero attached hydrogens (tertiary/aromatic N) is 1. The first-order valence-corrected chi connectivity index (χ1v) is 5.35. The van der Waals surface area contributed by atoms with E-state index in [2.05, 4.69) is 30.1 Å². The molecule has 1 heterocycles. The second-order valence-corrected chi connectivity index (χ2v) is 3.86. The molecule has 15 heavy (non-hydrogen) atoms. The van der Waals surface area contributed by atoms with Gasteiger partial charge in [-0.1, -0.05) is 18.2 Å². The van der Waals surface area contributed by atoms with Crippen LogP contribution in [-0.4, -0.2) is 11.5 Å². The second kappa shape index (κ2) is 4.41. The van der Waals surface area contributed by atoms with E-state index in [9.17, 15) is 0 Å². The maximum Gasteiger partial charge on any atom is 0.0346 e. The molecule has 0 atom stereocenters. The number of benzene rings is 1. The van der Waals surface area contributed by atoms with Gasteiger partial charge in [0.1, 0.15) is 0 Å². The Morgan fingerprint density at radius 2 is 2.13 bits per heavy atom. The highest BCUT2D eigenvalue weighted by Gasteiger charge is 2.03. The predicted molar refractivity (Wildman–Crippen MR) is 63.9 cm³/mol. The van der Waals surface area contributed by atoms with Crippen LogP contribution in [0.25, 0.3) is 10.8 Å². The molecule has 0 unspecified atom stereocenters. The van der Waals surface area contributed by atoms with E-state index in [0.717, 1.165) is 19.4 Å². The summed E-state index contributed by atoms with van der Waals surface area (Å²) in [4.78, 5) is 4.21. The van der Waals surface area contributed by atoms with Crippen LogP contribution in [0.3, 0.4) is 0 Å². The third-order valence-corrected chi connectivity index (χ3v) is 2.71. The monoisotopic (exact) mass is 200 g/mol. The van der Waals surface area contributed by atoms with Crippen molar-refractivity contribution in [1.29, 1.82) is 0 Å². The van der Waals surface area contributed by atoms with Crippen LogP contribution in [0, 0.1) is 6.92 Å². The number of hydrogen-bond acceptors (Lipinski definition) is 2. The second-order valence-electron chi connectivity index (χ2n) is 3.86. The molecule has 2 N–H and O–H groups in total. The first-order valence-electron chi connectivity index (χ1n) is 5.35. The van der Waals surface area contributed by atoms with Crippen molar-refractivity contribution in [2.24, 2.45) is 5.73 Å². The van der Waals surface area contributed by atoms with E-state index in [4.69, 9.17) is 5.73 Å². The number of aryl methyl sites for hydroxylation is 2. The minimum atomic E-state index is 0.751. The van der Waals surface area contributed by atoms with Gasteiger partial charge < -0.3 is 5.73 Å². The van der Waals surface area contributed by atoms with Gasteiger partial charge in [-0.2, -0.15) is 0 Å². The largest absolute Gasteiger partial charge is 0.330 e. The number of fused-ring (bicyclic) bond motifs is 1. The molecule has 0 amide bonds. The van der Waals surface area contributed by atoms with Crippen molar-refractivity contribution in [2.75, 3.05) is 6.54 Å². The minimum Gasteiger partial charge on any atom is -0.330 e. The molecule has 2 heteroatoms. The molecule has 0 radical (unpaired) electrons. The topological polar surface area (TPSA) is 38.9 Å². The van der Waals surface area contributed by atoms with Crippen LogP contribution in [0.15, 0.2) is 30.6 Å². The lowest BCUT2D eigenvalue weighted by molar-refractivity contribution is 0.837. The molecule has 0 aliphatic carbocycles. The van der Waals surface area contributed by atoms with Gasteiger partial charge >= 0.3 is 0 Å². The van der Waals surface area contributed by atoms with Gasteiger partial charge in [0.25, 0.3) is 0 Å². The van der Waals surface area contributed by atoms with Crippen molar-refractivity contribution in [1.82, 2.24) is 4.98 Å². The lowest BCUT2D eigenvalue weighted by atomic mass is 9.99. The third kappa shape index (κ3) is 2.00. The Labute approximate surface area is 90.1 Å². The van der Waals surface area contributed by atoms with Crippen molar-refractivity contribution in [2.45, 2.75) is 19.8 Å². The van der Waals surface area contributed by atoms with Gasteiger partial charge in [-0.3, -0.25) is 4.98 Å². The number of hydrogen-bond donors (Lipinski definition) is 1. The molecule has 2 aromatic rings. The third-order valence-electron chi connectivity index (χ3n) is 2.71. The highest BCUT2D eigenvalue weighted by atomic mass is 14.6. The lowest BCUT2D eigenvalue weighted by Gasteiger charge is -2.07. The van der Waals surface area contributed by atoms with Crippen LogP contribution >= 0.6 is 0 Å². The summed E-state index contributed by atoms with van der Waals surface area (Å²) in [5, 5.41) is 2.57. The molecular weight excluding hydrogens is 184 g/mol. The van der Waals surface area contributed by atoms with E-state index in [1.54, 1.807) is 0 Å².